The molecule has 2 aliphatic rings. The van der Waals surface area contributed by atoms with Crippen LogP contribution in [0.2, 0.25) is 0 Å². The van der Waals surface area contributed by atoms with Crippen LogP contribution in [-0.2, 0) is 9.63 Å². The molecule has 1 spiro atoms. The molecule has 1 aliphatic carbocycles. The molecular weight excluding hydrogens is 386 g/mol. The number of hydrogen-bond acceptors (Lipinski definition) is 7. The highest BCUT2D eigenvalue weighted by molar-refractivity contribution is 9.10. The number of oxime groups is 1. The predicted octanol–water partition coefficient (Wildman–Crippen LogP) is 2.24. The fourth-order valence-corrected chi connectivity index (χ4v) is 4.08. The highest BCUT2D eigenvalue weighted by Gasteiger charge is 2.71. The maximum atomic E-state index is 12.7. The van der Waals surface area contributed by atoms with E-state index in [1.807, 2.05) is 18.2 Å². The molecule has 1 aliphatic heterocycles. The van der Waals surface area contributed by atoms with Crippen molar-refractivity contribution in [3.05, 3.63) is 45.6 Å². The van der Waals surface area contributed by atoms with Gasteiger partial charge in [0.15, 0.2) is 10.8 Å². The first-order valence-corrected chi connectivity index (χ1v) is 7.94. The largest absolute Gasteiger partial charge is 0.400 e. The maximum absolute atomic E-state index is 12.7. The molecular formula is C17H10BrN5O2. The van der Waals surface area contributed by atoms with E-state index in [4.69, 9.17) is 10.6 Å². The van der Waals surface area contributed by atoms with Gasteiger partial charge < -0.3 is 10.6 Å². The predicted molar refractivity (Wildman–Crippen MR) is 89.0 cm³/mol. The summed E-state index contributed by atoms with van der Waals surface area (Å²) in [5.74, 6) is -1.85. The van der Waals surface area contributed by atoms with Crippen LogP contribution in [0.5, 0.6) is 0 Å². The minimum absolute atomic E-state index is 0.160. The number of carbonyl (C=O) groups is 1. The molecule has 1 aromatic carbocycles. The highest BCUT2D eigenvalue weighted by Crippen LogP contribution is 2.62. The van der Waals surface area contributed by atoms with Gasteiger partial charge in [-0.05, 0) is 24.6 Å². The first-order chi connectivity index (χ1) is 11.9. The fourth-order valence-electron chi connectivity index (χ4n) is 3.67. The number of hydrogen-bond donors (Lipinski definition) is 1. The van der Waals surface area contributed by atoms with Crippen LogP contribution in [0, 0.1) is 44.8 Å². The van der Waals surface area contributed by atoms with Crippen LogP contribution in [-0.4, -0.2) is 11.7 Å². The molecule has 3 rings (SSSR count). The van der Waals surface area contributed by atoms with Gasteiger partial charge in [-0.3, -0.25) is 0 Å². The molecule has 0 unspecified atom stereocenters. The third-order valence-electron chi connectivity index (χ3n) is 4.76. The van der Waals surface area contributed by atoms with Crippen molar-refractivity contribution in [2.75, 3.05) is 0 Å². The Hall–Kier alpha value is -3.15. The van der Waals surface area contributed by atoms with Crippen LogP contribution in [0.3, 0.4) is 0 Å². The molecule has 2 atom stereocenters. The van der Waals surface area contributed by atoms with Gasteiger partial charge in [0.05, 0.1) is 29.5 Å². The summed E-state index contributed by atoms with van der Waals surface area (Å²) in [5, 5.41) is 33.0. The third kappa shape index (κ3) is 1.82. The minimum atomic E-state index is -1.93. The van der Waals surface area contributed by atoms with E-state index in [-0.39, 0.29) is 17.0 Å². The number of carbonyl (C=O) groups excluding carboxylic acids is 1. The van der Waals surface area contributed by atoms with E-state index in [2.05, 4.69) is 21.1 Å². The Kier molecular flexibility index (Phi) is 3.64. The molecule has 0 bridgehead atoms. The Morgan fingerprint density at radius 2 is 2.00 bits per heavy atom. The second kappa shape index (κ2) is 5.44. The van der Waals surface area contributed by atoms with Crippen molar-refractivity contribution in [2.24, 2.45) is 21.7 Å². The van der Waals surface area contributed by atoms with Crippen LogP contribution in [0.1, 0.15) is 18.4 Å². The average molecular weight is 396 g/mol. The Morgan fingerprint density at radius 3 is 2.48 bits per heavy atom. The van der Waals surface area contributed by atoms with Crippen LogP contribution in [0.25, 0.3) is 0 Å². The lowest BCUT2D eigenvalue weighted by atomic mass is 9.62. The monoisotopic (exact) mass is 395 g/mol. The normalized spacial score (nSPS) is 26.6. The minimum Gasteiger partial charge on any atom is -0.400 e. The van der Waals surface area contributed by atoms with Crippen LogP contribution in [0.4, 0.5) is 0 Å². The summed E-state index contributed by atoms with van der Waals surface area (Å²) in [4.78, 5) is 17.5. The topological polar surface area (TPSA) is 136 Å². The Bertz CT molecular complexity index is 978. The highest BCUT2D eigenvalue weighted by atomic mass is 79.9. The summed E-state index contributed by atoms with van der Waals surface area (Å²) < 4.78 is 0.690. The summed E-state index contributed by atoms with van der Waals surface area (Å²) in [6.45, 7) is 1.53. The molecule has 0 fully saturated rings. The second-order valence-corrected chi connectivity index (χ2v) is 6.70. The van der Waals surface area contributed by atoms with Crippen molar-refractivity contribution < 1.29 is 9.63 Å². The van der Waals surface area contributed by atoms with Crippen molar-refractivity contribution in [1.29, 1.82) is 15.8 Å². The standard InChI is InChI=1S/C17H10BrN5O2/c1-9-17(15(24)25-23-9)13(10-3-2-4-11(18)5-10)16(7-20,8-21)12(6-19)14(17)22/h2-5,13H,22H2,1H3/t13-,17-/m1/s1. The number of allylic oxidation sites excluding steroid dienone is 1. The number of rotatable bonds is 1. The zero-order valence-corrected chi connectivity index (χ0v) is 14.5. The van der Waals surface area contributed by atoms with Crippen molar-refractivity contribution in [1.82, 2.24) is 0 Å². The molecule has 2 N–H and O–H groups in total. The van der Waals surface area contributed by atoms with Gasteiger partial charge in [-0.2, -0.15) is 15.8 Å². The quantitative estimate of drug-likeness (QED) is 0.723. The van der Waals surface area contributed by atoms with Crippen LogP contribution < -0.4 is 5.73 Å². The molecule has 122 valence electrons. The number of nitrogens with zero attached hydrogens (tertiary/aromatic N) is 4. The third-order valence-corrected chi connectivity index (χ3v) is 5.25. The lowest BCUT2D eigenvalue weighted by molar-refractivity contribution is -0.147. The van der Waals surface area contributed by atoms with Crippen LogP contribution >= 0.6 is 15.9 Å². The van der Waals surface area contributed by atoms with Crippen molar-refractivity contribution in [3.63, 3.8) is 0 Å². The lowest BCUT2D eigenvalue weighted by Crippen LogP contribution is -2.45. The summed E-state index contributed by atoms with van der Waals surface area (Å²) in [7, 11) is 0. The van der Waals surface area contributed by atoms with E-state index in [1.54, 1.807) is 24.3 Å². The van der Waals surface area contributed by atoms with Crippen molar-refractivity contribution >= 4 is 27.6 Å². The zero-order chi connectivity index (χ0) is 18.4. The van der Waals surface area contributed by atoms with Gasteiger partial charge in [-0.15, -0.1) is 0 Å². The molecule has 1 aromatic rings. The van der Waals surface area contributed by atoms with E-state index < -0.39 is 22.7 Å². The van der Waals surface area contributed by atoms with E-state index >= 15 is 0 Å². The number of nitrogens with two attached hydrogens (primary N) is 1. The number of halogens is 1. The number of benzene rings is 1. The molecule has 8 heteroatoms. The molecule has 0 saturated heterocycles. The molecule has 0 aromatic heterocycles. The molecule has 1 heterocycles. The Balaban J connectivity index is 2.46. The Morgan fingerprint density at radius 1 is 1.32 bits per heavy atom. The van der Waals surface area contributed by atoms with Gasteiger partial charge in [0, 0.05) is 16.1 Å². The SMILES string of the molecule is CC1=NOC(=O)[C@]12C(N)=C(C#N)C(C#N)(C#N)[C@H]2c1cccc(Br)c1. The Labute approximate surface area is 151 Å². The van der Waals surface area contributed by atoms with E-state index in [9.17, 15) is 20.6 Å². The van der Waals surface area contributed by atoms with Crippen LogP contribution in [0.15, 0.2) is 45.2 Å². The van der Waals surface area contributed by atoms with Gasteiger partial charge in [-0.25, -0.2) is 4.79 Å². The molecule has 7 nitrogen and oxygen atoms in total. The summed E-state index contributed by atoms with van der Waals surface area (Å²) in [5.41, 5.74) is 2.89. The fraction of sp³-hybridized carbons (Fsp3) is 0.235. The smallest absolute Gasteiger partial charge is 0.353 e. The van der Waals surface area contributed by atoms with Crippen molar-refractivity contribution in [2.45, 2.75) is 12.8 Å². The van der Waals surface area contributed by atoms with Gasteiger partial charge in [0.1, 0.15) is 0 Å². The van der Waals surface area contributed by atoms with E-state index in [0.717, 1.165) is 0 Å². The molecule has 0 amide bonds. The number of nitriles is 3. The van der Waals surface area contributed by atoms with Gasteiger partial charge in [0.25, 0.3) is 0 Å². The second-order valence-electron chi connectivity index (χ2n) is 5.78. The van der Waals surface area contributed by atoms with E-state index in [1.165, 1.54) is 6.92 Å². The summed E-state index contributed by atoms with van der Waals surface area (Å²) in [6, 6.07) is 12.5. The molecule has 0 saturated carbocycles. The summed E-state index contributed by atoms with van der Waals surface area (Å²) >= 11 is 3.34. The molecule has 25 heavy (non-hydrogen) atoms. The van der Waals surface area contributed by atoms with Gasteiger partial charge >= 0.3 is 5.97 Å². The first-order valence-electron chi connectivity index (χ1n) is 7.15. The molecule has 0 radical (unpaired) electrons. The van der Waals surface area contributed by atoms with Crippen molar-refractivity contribution in [3.8, 4) is 18.2 Å². The first kappa shape index (κ1) is 16.7. The average Bonchev–Trinajstić information content (AvgIpc) is 3.02. The summed E-state index contributed by atoms with van der Waals surface area (Å²) in [6.07, 6.45) is 0. The van der Waals surface area contributed by atoms with E-state index in [0.29, 0.717) is 10.0 Å². The lowest BCUT2D eigenvalue weighted by Gasteiger charge is -2.33. The van der Waals surface area contributed by atoms with Gasteiger partial charge in [0.2, 0.25) is 0 Å². The maximum Gasteiger partial charge on any atom is 0.353 e. The van der Waals surface area contributed by atoms with Gasteiger partial charge in [-0.1, -0.05) is 33.2 Å². The zero-order valence-electron chi connectivity index (χ0n) is 12.9.